The molecule has 5 rings (SSSR count). The van der Waals surface area contributed by atoms with Gasteiger partial charge in [-0.1, -0.05) is 19.3 Å². The number of unbranched alkanes of at least 4 members (excludes halogenated alkanes) is 2. The number of carbonyl (C=O) groups excluding carboxylic acids is 2. The van der Waals surface area contributed by atoms with Crippen molar-refractivity contribution in [1.29, 1.82) is 0 Å². The molecule has 4 heterocycles. The first-order valence-corrected chi connectivity index (χ1v) is 12.5. The van der Waals surface area contributed by atoms with Crippen molar-refractivity contribution >= 4 is 33.1 Å². The van der Waals surface area contributed by atoms with Gasteiger partial charge < -0.3 is 14.4 Å². The van der Waals surface area contributed by atoms with Gasteiger partial charge in [-0.3, -0.25) is 14.6 Å². The Bertz CT molecular complexity index is 1120. The predicted octanol–water partition coefficient (Wildman–Crippen LogP) is 5.71. The fourth-order valence-electron chi connectivity index (χ4n) is 4.68. The number of piperidine rings is 1. The Hall–Kier alpha value is -2.93. The van der Waals surface area contributed by atoms with E-state index in [0.717, 1.165) is 60.2 Å². The molecule has 0 saturated carbocycles. The number of ether oxygens (including phenoxy) is 2. The first kappa shape index (κ1) is 21.9. The minimum atomic E-state index is 0.0716. The van der Waals surface area contributed by atoms with Crippen LogP contribution < -0.4 is 9.47 Å². The van der Waals surface area contributed by atoms with Gasteiger partial charge in [-0.05, 0) is 60.9 Å². The molecule has 33 heavy (non-hydrogen) atoms. The number of fused-ring (bicyclic) bond motifs is 2. The second-order valence-electron chi connectivity index (χ2n) is 8.85. The van der Waals surface area contributed by atoms with Gasteiger partial charge in [0.15, 0.2) is 17.3 Å². The second-order valence-corrected chi connectivity index (χ2v) is 9.93. The van der Waals surface area contributed by atoms with Gasteiger partial charge in [-0.2, -0.15) is 0 Å². The molecule has 2 aliphatic heterocycles. The summed E-state index contributed by atoms with van der Waals surface area (Å²) in [6.45, 7) is 1.82. The third-order valence-corrected chi connectivity index (χ3v) is 7.76. The molecule has 1 aromatic carbocycles. The molecule has 0 aliphatic carbocycles. The molecule has 0 radical (unpaired) electrons. The molecule has 172 valence electrons. The number of likely N-dealkylation sites (tertiary alicyclic amines) is 1. The Kier molecular flexibility index (Phi) is 6.58. The lowest BCUT2D eigenvalue weighted by Crippen LogP contribution is -2.38. The summed E-state index contributed by atoms with van der Waals surface area (Å²) in [4.78, 5) is 32.3. The quantitative estimate of drug-likeness (QED) is 0.315. The first-order valence-electron chi connectivity index (χ1n) is 11.7. The molecule has 0 spiro atoms. The molecule has 1 amide bonds. The third kappa shape index (κ3) is 5.03. The van der Waals surface area contributed by atoms with Crippen LogP contribution in [0.25, 0.3) is 10.1 Å². The molecule has 7 heteroatoms. The van der Waals surface area contributed by atoms with Crippen LogP contribution in [0.1, 0.15) is 65.0 Å². The Balaban J connectivity index is 1.00. The van der Waals surface area contributed by atoms with E-state index >= 15 is 0 Å². The molecule has 0 atom stereocenters. The van der Waals surface area contributed by atoms with Gasteiger partial charge in [0.2, 0.25) is 6.79 Å². The molecule has 0 bridgehead atoms. The number of carbonyl (C=O) groups is 2. The normalized spacial score (nSPS) is 15.8. The van der Waals surface area contributed by atoms with E-state index in [4.69, 9.17) is 9.47 Å². The van der Waals surface area contributed by atoms with E-state index in [1.807, 2.05) is 35.4 Å². The van der Waals surface area contributed by atoms with E-state index in [-0.39, 0.29) is 18.5 Å². The SMILES string of the molecule is O=C(CCCCCC1CCN(C(=O)c2ccc3c(c2)OCO3)CC1)c1cc2ccncc2s1. The summed E-state index contributed by atoms with van der Waals surface area (Å²) in [5, 5.41) is 1.10. The maximum Gasteiger partial charge on any atom is 0.253 e. The average Bonchev–Trinajstić information content (AvgIpc) is 3.50. The molecular weight excluding hydrogens is 436 g/mol. The molecule has 1 saturated heterocycles. The topological polar surface area (TPSA) is 68.7 Å². The van der Waals surface area contributed by atoms with Crippen molar-refractivity contribution < 1.29 is 19.1 Å². The summed E-state index contributed by atoms with van der Waals surface area (Å²) in [6, 6.07) is 9.36. The van der Waals surface area contributed by atoms with Crippen LogP contribution in [0, 0.1) is 5.92 Å². The Morgan fingerprint density at radius 3 is 2.73 bits per heavy atom. The standard InChI is InChI=1S/C26H28N2O4S/c29-21(24-15-19-8-11-27-16-25(19)33-24)5-3-1-2-4-18-9-12-28(13-10-18)26(30)20-6-7-22-23(14-20)32-17-31-22/h6-8,11,14-16,18H,1-5,9-10,12-13,17H2. The number of amides is 1. The van der Waals surface area contributed by atoms with Gasteiger partial charge in [-0.15, -0.1) is 11.3 Å². The highest BCUT2D eigenvalue weighted by molar-refractivity contribution is 7.20. The number of Topliss-reactive ketones (excluding diaryl/α,β-unsaturated/α-hetero) is 1. The molecule has 2 aromatic heterocycles. The number of rotatable bonds is 8. The summed E-state index contributed by atoms with van der Waals surface area (Å²) >= 11 is 1.54. The zero-order chi connectivity index (χ0) is 22.6. The van der Waals surface area contributed by atoms with Gasteiger partial charge in [0, 0.05) is 37.5 Å². The summed E-state index contributed by atoms with van der Waals surface area (Å²) in [6.07, 6.45) is 10.6. The lowest BCUT2D eigenvalue weighted by atomic mass is 9.90. The lowest BCUT2D eigenvalue weighted by Gasteiger charge is -2.32. The number of aromatic nitrogens is 1. The molecule has 0 N–H and O–H groups in total. The zero-order valence-electron chi connectivity index (χ0n) is 18.6. The fraction of sp³-hybridized carbons (Fsp3) is 0.423. The second kappa shape index (κ2) is 9.91. The Labute approximate surface area is 197 Å². The van der Waals surface area contributed by atoms with Gasteiger partial charge in [0.25, 0.3) is 5.91 Å². The molecule has 6 nitrogen and oxygen atoms in total. The Morgan fingerprint density at radius 1 is 1.03 bits per heavy atom. The van der Waals surface area contributed by atoms with Crippen LogP contribution in [0.15, 0.2) is 42.7 Å². The highest BCUT2D eigenvalue weighted by atomic mass is 32.1. The predicted molar refractivity (Wildman–Crippen MR) is 128 cm³/mol. The van der Waals surface area contributed by atoms with E-state index in [9.17, 15) is 9.59 Å². The van der Waals surface area contributed by atoms with E-state index < -0.39 is 0 Å². The number of hydrogen-bond acceptors (Lipinski definition) is 6. The molecule has 3 aromatic rings. The largest absolute Gasteiger partial charge is 0.454 e. The van der Waals surface area contributed by atoms with Crippen molar-refractivity contribution in [3.8, 4) is 11.5 Å². The third-order valence-electron chi connectivity index (χ3n) is 6.64. The van der Waals surface area contributed by atoms with Gasteiger partial charge in [-0.25, -0.2) is 0 Å². The number of hydrogen-bond donors (Lipinski definition) is 0. The monoisotopic (exact) mass is 464 g/mol. The van der Waals surface area contributed by atoms with E-state index in [2.05, 4.69) is 4.98 Å². The molecule has 0 unspecified atom stereocenters. The summed E-state index contributed by atoms with van der Waals surface area (Å²) < 4.78 is 11.8. The van der Waals surface area contributed by atoms with Crippen LogP contribution in [0.2, 0.25) is 0 Å². The smallest absolute Gasteiger partial charge is 0.253 e. The molecule has 2 aliphatic rings. The maximum absolute atomic E-state index is 12.8. The van der Waals surface area contributed by atoms with Crippen LogP contribution in [0.5, 0.6) is 11.5 Å². The average molecular weight is 465 g/mol. The van der Waals surface area contributed by atoms with Crippen molar-refractivity contribution in [3.05, 3.63) is 53.2 Å². The van der Waals surface area contributed by atoms with Crippen LogP contribution >= 0.6 is 11.3 Å². The van der Waals surface area contributed by atoms with Crippen molar-refractivity contribution in [1.82, 2.24) is 9.88 Å². The highest BCUT2D eigenvalue weighted by Crippen LogP contribution is 2.33. The zero-order valence-corrected chi connectivity index (χ0v) is 19.4. The number of benzene rings is 1. The van der Waals surface area contributed by atoms with Crippen LogP contribution in [-0.4, -0.2) is 41.5 Å². The maximum atomic E-state index is 12.8. The minimum absolute atomic E-state index is 0.0716. The number of pyridine rings is 1. The van der Waals surface area contributed by atoms with Crippen molar-refractivity contribution in [2.24, 2.45) is 5.92 Å². The Morgan fingerprint density at radius 2 is 1.88 bits per heavy atom. The number of nitrogens with zero attached hydrogens (tertiary/aromatic N) is 2. The van der Waals surface area contributed by atoms with Crippen LogP contribution in [-0.2, 0) is 0 Å². The summed E-state index contributed by atoms with van der Waals surface area (Å²) in [5.41, 5.74) is 0.664. The van der Waals surface area contributed by atoms with E-state index in [1.54, 1.807) is 23.6 Å². The first-order chi connectivity index (χ1) is 16.2. The minimum Gasteiger partial charge on any atom is -0.454 e. The van der Waals surface area contributed by atoms with Gasteiger partial charge in [0.1, 0.15) is 0 Å². The summed E-state index contributed by atoms with van der Waals surface area (Å²) in [7, 11) is 0. The fourth-order valence-corrected chi connectivity index (χ4v) is 5.67. The summed E-state index contributed by atoms with van der Waals surface area (Å²) in [5.74, 6) is 2.33. The van der Waals surface area contributed by atoms with Crippen molar-refractivity contribution in [2.75, 3.05) is 19.9 Å². The van der Waals surface area contributed by atoms with E-state index in [1.165, 1.54) is 6.42 Å². The number of thiophene rings is 1. The van der Waals surface area contributed by atoms with Crippen LogP contribution in [0.3, 0.4) is 0 Å². The van der Waals surface area contributed by atoms with Gasteiger partial charge in [0.05, 0.1) is 9.58 Å². The highest BCUT2D eigenvalue weighted by Gasteiger charge is 2.25. The van der Waals surface area contributed by atoms with E-state index in [0.29, 0.717) is 29.4 Å². The number of ketones is 1. The van der Waals surface area contributed by atoms with Gasteiger partial charge >= 0.3 is 0 Å². The molecule has 1 fully saturated rings. The van der Waals surface area contributed by atoms with Crippen LogP contribution in [0.4, 0.5) is 0 Å². The van der Waals surface area contributed by atoms with Crippen molar-refractivity contribution in [2.45, 2.75) is 44.9 Å². The molecular formula is C26H28N2O4S. The lowest BCUT2D eigenvalue weighted by molar-refractivity contribution is 0.0685. The van der Waals surface area contributed by atoms with Crippen molar-refractivity contribution in [3.63, 3.8) is 0 Å².